The summed E-state index contributed by atoms with van der Waals surface area (Å²) in [5.74, 6) is 0.644. The summed E-state index contributed by atoms with van der Waals surface area (Å²) in [5, 5.41) is 4.68. The van der Waals surface area contributed by atoms with Gasteiger partial charge in [-0.2, -0.15) is 0 Å². The molecule has 0 aliphatic heterocycles. The lowest BCUT2D eigenvalue weighted by Gasteiger charge is -2.12. The monoisotopic (exact) mass is 714 g/mol. The van der Waals surface area contributed by atoms with Gasteiger partial charge in [0.05, 0.1) is 33.5 Å². The second-order valence-electron chi connectivity index (χ2n) is 14.3. The molecule has 4 nitrogen and oxygen atoms in total. The van der Waals surface area contributed by atoms with Crippen molar-refractivity contribution in [2.45, 2.75) is 0 Å². The van der Waals surface area contributed by atoms with Gasteiger partial charge in [0.1, 0.15) is 0 Å². The fraction of sp³-hybridized carbons (Fsp3) is 0. The average molecular weight is 715 g/mol. The molecule has 0 fully saturated rings. The molecule has 0 N–H and O–H groups in total. The molecule has 3 heterocycles. The summed E-state index contributed by atoms with van der Waals surface area (Å²) in [6.45, 7) is 0. The Morgan fingerprint density at radius 1 is 0.268 bits per heavy atom. The Balaban J connectivity index is 1.13. The van der Waals surface area contributed by atoms with E-state index in [-0.39, 0.29) is 0 Å². The van der Waals surface area contributed by atoms with Gasteiger partial charge in [0.2, 0.25) is 5.95 Å². The molecule has 262 valence electrons. The SMILES string of the molecule is c1ccc(-c2ccc(-c3cccc(-n4c5ccccc5c5cc6c(cc54)c4ccccc4n6-c4nc(-c5ccccc5)cc(-c5ccccc5)n4)c3)cc2)cc1. The number of aromatic nitrogens is 4. The zero-order valence-electron chi connectivity index (χ0n) is 30.4. The van der Waals surface area contributed by atoms with Gasteiger partial charge >= 0.3 is 0 Å². The Hall–Kier alpha value is -7.56. The molecule has 11 aromatic rings. The molecule has 0 bridgehead atoms. The van der Waals surface area contributed by atoms with Crippen molar-refractivity contribution in [2.24, 2.45) is 0 Å². The number of nitrogens with zero attached hydrogens (tertiary/aromatic N) is 4. The Bertz CT molecular complexity index is 3160. The lowest BCUT2D eigenvalue weighted by Crippen LogP contribution is -2.04. The molecule has 0 saturated heterocycles. The number of hydrogen-bond donors (Lipinski definition) is 0. The first-order valence-electron chi connectivity index (χ1n) is 19.0. The second-order valence-corrected chi connectivity index (χ2v) is 14.3. The van der Waals surface area contributed by atoms with E-state index in [1.54, 1.807) is 0 Å². The van der Waals surface area contributed by atoms with Gasteiger partial charge in [0.15, 0.2) is 0 Å². The smallest absolute Gasteiger partial charge is 0.235 e. The third-order valence-corrected chi connectivity index (χ3v) is 10.9. The summed E-state index contributed by atoms with van der Waals surface area (Å²) in [6.07, 6.45) is 0. The molecule has 0 spiro atoms. The molecule has 8 aromatic carbocycles. The van der Waals surface area contributed by atoms with Crippen LogP contribution in [0.25, 0.3) is 100 Å². The molecular weight excluding hydrogens is 681 g/mol. The number of benzene rings is 8. The minimum Gasteiger partial charge on any atom is -0.309 e. The molecule has 11 rings (SSSR count). The molecule has 0 radical (unpaired) electrons. The molecule has 0 unspecified atom stereocenters. The van der Waals surface area contributed by atoms with Crippen molar-refractivity contribution >= 4 is 43.6 Å². The van der Waals surface area contributed by atoms with Crippen LogP contribution >= 0.6 is 0 Å². The van der Waals surface area contributed by atoms with Crippen molar-refractivity contribution < 1.29 is 0 Å². The lowest BCUT2D eigenvalue weighted by atomic mass is 10.00. The quantitative estimate of drug-likeness (QED) is 0.172. The minimum absolute atomic E-state index is 0.644. The maximum Gasteiger partial charge on any atom is 0.235 e. The lowest BCUT2D eigenvalue weighted by molar-refractivity contribution is 0.996. The predicted molar refractivity (Wildman–Crippen MR) is 232 cm³/mol. The van der Waals surface area contributed by atoms with E-state index in [0.717, 1.165) is 61.0 Å². The first-order valence-corrected chi connectivity index (χ1v) is 19.0. The fourth-order valence-electron chi connectivity index (χ4n) is 8.28. The van der Waals surface area contributed by atoms with Crippen molar-refractivity contribution in [1.29, 1.82) is 0 Å². The highest BCUT2D eigenvalue weighted by atomic mass is 15.2. The van der Waals surface area contributed by atoms with Crippen LogP contribution in [0.3, 0.4) is 0 Å². The molecule has 0 atom stereocenters. The fourth-order valence-corrected chi connectivity index (χ4v) is 8.28. The molecule has 3 aromatic heterocycles. The third kappa shape index (κ3) is 5.31. The van der Waals surface area contributed by atoms with Gasteiger partial charge in [0, 0.05) is 38.4 Å². The Labute approximate surface area is 324 Å². The zero-order chi connectivity index (χ0) is 37.0. The van der Waals surface area contributed by atoms with Crippen LogP contribution in [0, 0.1) is 0 Å². The molecule has 4 heteroatoms. The Kier molecular flexibility index (Phi) is 7.46. The second kappa shape index (κ2) is 13.1. The van der Waals surface area contributed by atoms with E-state index in [1.165, 1.54) is 33.0 Å². The standard InChI is InChI=1S/C52H34N4/c1-4-15-35(16-5-1)36-27-29-37(30-28-36)40-21-14-22-41(31-40)55-48-25-12-10-23-42(48)44-33-51-45(32-50(44)55)43-24-11-13-26-49(43)56(51)52-53-46(38-17-6-2-7-18-38)34-47(54-52)39-19-8-3-9-20-39/h1-34H. The number of fused-ring (bicyclic) bond motifs is 6. The summed E-state index contributed by atoms with van der Waals surface area (Å²) < 4.78 is 4.66. The molecular formula is C52H34N4. The molecule has 56 heavy (non-hydrogen) atoms. The largest absolute Gasteiger partial charge is 0.309 e. The van der Waals surface area contributed by atoms with Crippen molar-refractivity contribution in [3.63, 3.8) is 0 Å². The van der Waals surface area contributed by atoms with Crippen LogP contribution in [-0.4, -0.2) is 19.1 Å². The summed E-state index contributed by atoms with van der Waals surface area (Å²) in [5.41, 5.74) is 14.2. The highest BCUT2D eigenvalue weighted by Gasteiger charge is 2.21. The van der Waals surface area contributed by atoms with Gasteiger partial charge in [0.25, 0.3) is 0 Å². The van der Waals surface area contributed by atoms with Gasteiger partial charge in [-0.05, 0) is 64.7 Å². The first-order chi connectivity index (χ1) is 27.8. The minimum atomic E-state index is 0.644. The number of rotatable bonds is 6. The first kappa shape index (κ1) is 31.9. The predicted octanol–water partition coefficient (Wildman–Crippen LogP) is 13.3. The maximum atomic E-state index is 5.27. The van der Waals surface area contributed by atoms with Gasteiger partial charge < -0.3 is 4.57 Å². The van der Waals surface area contributed by atoms with Crippen LogP contribution in [-0.2, 0) is 0 Å². The molecule has 0 aliphatic carbocycles. The van der Waals surface area contributed by atoms with E-state index in [4.69, 9.17) is 9.97 Å². The Morgan fingerprint density at radius 2 is 0.696 bits per heavy atom. The van der Waals surface area contributed by atoms with Crippen molar-refractivity contribution in [2.75, 3.05) is 0 Å². The maximum absolute atomic E-state index is 5.27. The summed E-state index contributed by atoms with van der Waals surface area (Å²) >= 11 is 0. The van der Waals surface area contributed by atoms with Crippen molar-refractivity contribution in [1.82, 2.24) is 19.1 Å². The van der Waals surface area contributed by atoms with Gasteiger partial charge in [-0.25, -0.2) is 9.97 Å². The van der Waals surface area contributed by atoms with E-state index in [0.29, 0.717) is 5.95 Å². The summed E-state index contributed by atoms with van der Waals surface area (Å²) in [6, 6.07) is 73.2. The Morgan fingerprint density at radius 3 is 1.27 bits per heavy atom. The van der Waals surface area contributed by atoms with Crippen LogP contribution in [0.2, 0.25) is 0 Å². The highest BCUT2D eigenvalue weighted by molar-refractivity contribution is 6.19. The van der Waals surface area contributed by atoms with Crippen molar-refractivity contribution in [3.8, 4) is 56.4 Å². The van der Waals surface area contributed by atoms with E-state index in [1.807, 2.05) is 12.1 Å². The third-order valence-electron chi connectivity index (χ3n) is 10.9. The zero-order valence-corrected chi connectivity index (χ0v) is 30.4. The number of hydrogen-bond acceptors (Lipinski definition) is 2. The van der Waals surface area contributed by atoms with E-state index in [2.05, 4.69) is 203 Å². The summed E-state index contributed by atoms with van der Waals surface area (Å²) in [4.78, 5) is 10.5. The van der Waals surface area contributed by atoms with E-state index in [9.17, 15) is 0 Å². The van der Waals surface area contributed by atoms with Crippen LogP contribution in [0.5, 0.6) is 0 Å². The van der Waals surface area contributed by atoms with Gasteiger partial charge in [-0.15, -0.1) is 0 Å². The average Bonchev–Trinajstić information content (AvgIpc) is 3.78. The van der Waals surface area contributed by atoms with Crippen LogP contribution < -0.4 is 0 Å². The van der Waals surface area contributed by atoms with Crippen LogP contribution in [0.15, 0.2) is 206 Å². The normalized spacial score (nSPS) is 11.6. The van der Waals surface area contributed by atoms with E-state index < -0.39 is 0 Å². The van der Waals surface area contributed by atoms with Crippen LogP contribution in [0.4, 0.5) is 0 Å². The van der Waals surface area contributed by atoms with Gasteiger partial charge in [-0.3, -0.25) is 4.57 Å². The van der Waals surface area contributed by atoms with Gasteiger partial charge in [-0.1, -0.05) is 164 Å². The van der Waals surface area contributed by atoms with E-state index >= 15 is 0 Å². The van der Waals surface area contributed by atoms with Crippen molar-refractivity contribution in [3.05, 3.63) is 206 Å². The molecule has 0 aliphatic rings. The number of para-hydroxylation sites is 2. The molecule has 0 amide bonds. The molecule has 0 saturated carbocycles. The topological polar surface area (TPSA) is 35.6 Å². The summed E-state index contributed by atoms with van der Waals surface area (Å²) in [7, 11) is 0. The highest BCUT2D eigenvalue weighted by Crippen LogP contribution is 2.40. The van der Waals surface area contributed by atoms with Crippen LogP contribution in [0.1, 0.15) is 0 Å².